The van der Waals surface area contributed by atoms with E-state index in [0.29, 0.717) is 19.5 Å². The predicted octanol–water partition coefficient (Wildman–Crippen LogP) is 1.93. The van der Waals surface area contributed by atoms with E-state index in [1.807, 2.05) is 30.3 Å². The third-order valence-electron chi connectivity index (χ3n) is 3.29. The van der Waals surface area contributed by atoms with Crippen LogP contribution >= 0.6 is 0 Å². The Morgan fingerprint density at radius 1 is 1.25 bits per heavy atom. The van der Waals surface area contributed by atoms with Crippen molar-refractivity contribution in [2.24, 2.45) is 0 Å². The van der Waals surface area contributed by atoms with Crippen molar-refractivity contribution in [2.75, 3.05) is 19.6 Å². The van der Waals surface area contributed by atoms with Crippen LogP contribution in [0.25, 0.3) is 0 Å². The van der Waals surface area contributed by atoms with Crippen LogP contribution < -0.4 is 5.32 Å². The van der Waals surface area contributed by atoms with Crippen LogP contribution in [0.1, 0.15) is 24.8 Å². The van der Waals surface area contributed by atoms with E-state index in [-0.39, 0.29) is 12.5 Å². The third-order valence-corrected chi connectivity index (χ3v) is 3.29. The Bertz CT molecular complexity index is 448. The monoisotopic (exact) mass is 276 g/mol. The molecule has 0 aromatic heterocycles. The van der Waals surface area contributed by atoms with Gasteiger partial charge in [-0.05, 0) is 18.4 Å². The highest BCUT2D eigenvalue weighted by Crippen LogP contribution is 2.09. The van der Waals surface area contributed by atoms with E-state index in [1.54, 1.807) is 4.90 Å². The lowest BCUT2D eigenvalue weighted by Crippen LogP contribution is -2.41. The van der Waals surface area contributed by atoms with E-state index in [2.05, 4.69) is 5.32 Å². The molecule has 0 spiro atoms. The zero-order valence-electron chi connectivity index (χ0n) is 11.5. The second-order valence-corrected chi connectivity index (χ2v) is 4.83. The fraction of sp³-hybridized carbons (Fsp3) is 0.467. The molecular weight excluding hydrogens is 256 g/mol. The molecule has 0 bridgehead atoms. The van der Waals surface area contributed by atoms with E-state index < -0.39 is 6.09 Å². The summed E-state index contributed by atoms with van der Waals surface area (Å²) in [5.74, 6) is 0.177. The molecule has 1 saturated heterocycles. The van der Waals surface area contributed by atoms with Crippen LogP contribution in [0.2, 0.25) is 0 Å². The van der Waals surface area contributed by atoms with Gasteiger partial charge in [-0.3, -0.25) is 4.79 Å². The second kappa shape index (κ2) is 7.53. The Morgan fingerprint density at radius 3 is 2.80 bits per heavy atom. The van der Waals surface area contributed by atoms with Crippen LogP contribution in [0.4, 0.5) is 4.79 Å². The number of hydrogen-bond donors (Lipinski definition) is 1. The van der Waals surface area contributed by atoms with Gasteiger partial charge in [0.25, 0.3) is 0 Å². The molecule has 1 aliphatic heterocycles. The van der Waals surface area contributed by atoms with Crippen LogP contribution in [-0.4, -0.2) is 36.5 Å². The fourth-order valence-corrected chi connectivity index (χ4v) is 2.17. The highest BCUT2D eigenvalue weighted by Gasteiger charge is 2.17. The minimum atomic E-state index is -0.446. The van der Waals surface area contributed by atoms with Crippen molar-refractivity contribution in [3.05, 3.63) is 35.9 Å². The Labute approximate surface area is 118 Å². The molecule has 1 aromatic carbocycles. The number of benzene rings is 1. The van der Waals surface area contributed by atoms with Crippen LogP contribution in [0.15, 0.2) is 30.3 Å². The maximum Gasteiger partial charge on any atom is 0.407 e. The summed E-state index contributed by atoms with van der Waals surface area (Å²) in [6.07, 6.45) is 2.20. The molecule has 1 aromatic rings. The summed E-state index contributed by atoms with van der Waals surface area (Å²) in [5.41, 5.74) is 0.953. The number of carbonyl (C=O) groups excluding carboxylic acids is 2. The summed E-state index contributed by atoms with van der Waals surface area (Å²) in [7, 11) is 0. The standard InChI is InChI=1S/C15H20N2O3/c18-14-8-4-5-10-17(14)11-9-16-15(19)20-12-13-6-2-1-3-7-13/h1-3,6-7H,4-5,8-12H2,(H,16,19). The molecule has 1 fully saturated rings. The molecular formula is C15H20N2O3. The Kier molecular flexibility index (Phi) is 5.41. The average Bonchev–Trinajstić information content (AvgIpc) is 2.48. The van der Waals surface area contributed by atoms with Crippen LogP contribution in [0, 0.1) is 0 Å². The molecule has 5 nitrogen and oxygen atoms in total. The van der Waals surface area contributed by atoms with Gasteiger partial charge in [-0.15, -0.1) is 0 Å². The summed E-state index contributed by atoms with van der Waals surface area (Å²) >= 11 is 0. The van der Waals surface area contributed by atoms with Crippen molar-refractivity contribution in [2.45, 2.75) is 25.9 Å². The lowest BCUT2D eigenvalue weighted by atomic mass is 10.1. The fourth-order valence-electron chi connectivity index (χ4n) is 2.17. The first kappa shape index (κ1) is 14.4. The molecule has 1 heterocycles. The molecule has 0 radical (unpaired) electrons. The molecule has 0 unspecified atom stereocenters. The van der Waals surface area contributed by atoms with Gasteiger partial charge in [-0.1, -0.05) is 30.3 Å². The summed E-state index contributed by atoms with van der Waals surface area (Å²) in [4.78, 5) is 24.9. The minimum absolute atomic E-state index is 0.177. The van der Waals surface area contributed by atoms with Crippen LogP contribution in [-0.2, 0) is 16.1 Å². The van der Waals surface area contributed by atoms with Gasteiger partial charge in [0.1, 0.15) is 6.61 Å². The second-order valence-electron chi connectivity index (χ2n) is 4.83. The number of hydrogen-bond acceptors (Lipinski definition) is 3. The molecule has 1 aliphatic rings. The van der Waals surface area contributed by atoms with Gasteiger partial charge in [0, 0.05) is 26.1 Å². The first-order chi connectivity index (χ1) is 9.75. The molecule has 108 valence electrons. The number of nitrogens with one attached hydrogen (secondary N) is 1. The number of amides is 2. The van der Waals surface area contributed by atoms with E-state index in [4.69, 9.17) is 4.74 Å². The number of nitrogens with zero attached hydrogens (tertiary/aromatic N) is 1. The lowest BCUT2D eigenvalue weighted by molar-refractivity contribution is -0.133. The smallest absolute Gasteiger partial charge is 0.407 e. The molecule has 2 amide bonds. The molecule has 20 heavy (non-hydrogen) atoms. The van der Waals surface area contributed by atoms with Gasteiger partial charge in [0.05, 0.1) is 0 Å². The summed E-state index contributed by atoms with van der Waals surface area (Å²) in [5, 5.41) is 2.67. The molecule has 0 atom stereocenters. The maximum atomic E-state index is 11.6. The lowest BCUT2D eigenvalue weighted by Gasteiger charge is -2.26. The Morgan fingerprint density at radius 2 is 2.05 bits per heavy atom. The Balaban J connectivity index is 1.61. The van der Waals surface area contributed by atoms with E-state index in [0.717, 1.165) is 24.9 Å². The molecule has 5 heteroatoms. The summed E-state index contributed by atoms with van der Waals surface area (Å²) in [6, 6.07) is 9.52. The first-order valence-corrected chi connectivity index (χ1v) is 6.98. The zero-order valence-corrected chi connectivity index (χ0v) is 11.5. The van der Waals surface area contributed by atoms with Gasteiger partial charge in [0.2, 0.25) is 5.91 Å². The predicted molar refractivity (Wildman–Crippen MR) is 75.1 cm³/mol. The molecule has 2 rings (SSSR count). The summed E-state index contributed by atoms with van der Waals surface area (Å²) in [6.45, 7) is 2.04. The molecule has 1 N–H and O–H groups in total. The molecule has 0 saturated carbocycles. The average molecular weight is 276 g/mol. The van der Waals surface area contributed by atoms with E-state index >= 15 is 0 Å². The number of piperidine rings is 1. The maximum absolute atomic E-state index is 11.6. The number of ether oxygens (including phenoxy) is 1. The van der Waals surface area contributed by atoms with Crippen LogP contribution in [0.3, 0.4) is 0 Å². The Hall–Kier alpha value is -2.04. The van der Waals surface area contributed by atoms with Crippen molar-refractivity contribution in [1.29, 1.82) is 0 Å². The quantitative estimate of drug-likeness (QED) is 0.894. The highest BCUT2D eigenvalue weighted by atomic mass is 16.5. The van der Waals surface area contributed by atoms with Gasteiger partial charge in [0.15, 0.2) is 0 Å². The largest absolute Gasteiger partial charge is 0.445 e. The van der Waals surface area contributed by atoms with Crippen LogP contribution in [0.5, 0.6) is 0 Å². The number of alkyl carbamates (subject to hydrolysis) is 1. The van der Waals surface area contributed by atoms with Crippen molar-refractivity contribution >= 4 is 12.0 Å². The zero-order chi connectivity index (χ0) is 14.2. The number of likely N-dealkylation sites (tertiary alicyclic amines) is 1. The van der Waals surface area contributed by atoms with Gasteiger partial charge in [-0.25, -0.2) is 4.79 Å². The minimum Gasteiger partial charge on any atom is -0.445 e. The third kappa shape index (κ3) is 4.57. The van der Waals surface area contributed by atoms with E-state index in [1.165, 1.54) is 0 Å². The normalized spacial score (nSPS) is 15.0. The van der Waals surface area contributed by atoms with Gasteiger partial charge < -0.3 is 15.0 Å². The van der Waals surface area contributed by atoms with Gasteiger partial charge >= 0.3 is 6.09 Å². The van der Waals surface area contributed by atoms with Crippen molar-refractivity contribution in [1.82, 2.24) is 10.2 Å². The highest BCUT2D eigenvalue weighted by molar-refractivity contribution is 5.76. The van der Waals surface area contributed by atoms with Gasteiger partial charge in [-0.2, -0.15) is 0 Å². The van der Waals surface area contributed by atoms with E-state index in [9.17, 15) is 9.59 Å². The number of rotatable bonds is 5. The van der Waals surface area contributed by atoms with Crippen molar-refractivity contribution in [3.8, 4) is 0 Å². The molecule has 0 aliphatic carbocycles. The first-order valence-electron chi connectivity index (χ1n) is 6.98. The number of carbonyl (C=O) groups is 2. The summed E-state index contributed by atoms with van der Waals surface area (Å²) < 4.78 is 5.09. The SMILES string of the molecule is O=C(NCCN1CCCCC1=O)OCc1ccccc1. The van der Waals surface area contributed by atoms with Crippen molar-refractivity contribution in [3.63, 3.8) is 0 Å². The van der Waals surface area contributed by atoms with Crippen molar-refractivity contribution < 1.29 is 14.3 Å². The topological polar surface area (TPSA) is 58.6 Å².